The summed E-state index contributed by atoms with van der Waals surface area (Å²) in [5.41, 5.74) is -0.0674. The van der Waals surface area contributed by atoms with Crippen molar-refractivity contribution >= 4 is 23.4 Å². The number of ether oxygens (including phenoxy) is 1. The lowest BCUT2D eigenvalue weighted by molar-refractivity contribution is -0.206. The van der Waals surface area contributed by atoms with E-state index in [0.717, 1.165) is 6.92 Å². The molecule has 7 heteroatoms. The summed E-state index contributed by atoms with van der Waals surface area (Å²) >= 11 is 5.59. The van der Waals surface area contributed by atoms with Crippen LogP contribution in [0.15, 0.2) is 24.3 Å². The summed E-state index contributed by atoms with van der Waals surface area (Å²) in [7, 11) is 0. The molecule has 0 aliphatic rings. The minimum absolute atomic E-state index is 0.0674. The molecule has 0 heterocycles. The number of hydrogen-bond acceptors (Lipinski definition) is 3. The third kappa shape index (κ3) is 4.90. The van der Waals surface area contributed by atoms with E-state index >= 15 is 0 Å². The Hall–Kier alpha value is -1.56. The van der Waals surface area contributed by atoms with E-state index in [1.165, 1.54) is 24.3 Å². The predicted molar refractivity (Wildman–Crippen MR) is 62.0 cm³/mol. The van der Waals surface area contributed by atoms with Gasteiger partial charge in [-0.2, -0.15) is 13.2 Å². The van der Waals surface area contributed by atoms with Gasteiger partial charge in [0.25, 0.3) is 0 Å². The van der Waals surface area contributed by atoms with E-state index in [2.05, 4.69) is 4.74 Å². The number of alkyl halides is 3. The molecule has 1 unspecified atom stereocenters. The maximum atomic E-state index is 12.6. The fraction of sp³-hybridized carbons (Fsp3) is 0.333. The average Bonchev–Trinajstić information content (AvgIpc) is 2.27. The quantitative estimate of drug-likeness (QED) is 0.799. The molecule has 1 rings (SSSR count). The van der Waals surface area contributed by atoms with Crippen molar-refractivity contribution in [3.63, 3.8) is 0 Å². The third-order valence-electron chi connectivity index (χ3n) is 2.17. The first-order valence-electron chi connectivity index (χ1n) is 5.23. The molecular formula is C12H10ClF3O3. The topological polar surface area (TPSA) is 43.4 Å². The summed E-state index contributed by atoms with van der Waals surface area (Å²) in [4.78, 5) is 22.3. The smallest absolute Gasteiger partial charge is 0.425 e. The first-order valence-corrected chi connectivity index (χ1v) is 5.60. The van der Waals surface area contributed by atoms with Gasteiger partial charge in [0.2, 0.25) is 6.10 Å². The highest BCUT2D eigenvalue weighted by atomic mass is 35.5. The summed E-state index contributed by atoms with van der Waals surface area (Å²) in [5.74, 6) is -1.87. The Morgan fingerprint density at radius 3 is 2.21 bits per heavy atom. The maximum Gasteiger partial charge on any atom is 0.425 e. The van der Waals surface area contributed by atoms with Gasteiger partial charge in [-0.05, 0) is 31.2 Å². The van der Waals surface area contributed by atoms with Gasteiger partial charge in [0.1, 0.15) is 5.78 Å². The van der Waals surface area contributed by atoms with Crippen LogP contribution in [0.4, 0.5) is 13.2 Å². The van der Waals surface area contributed by atoms with Crippen molar-refractivity contribution < 1.29 is 27.5 Å². The second-order valence-corrected chi connectivity index (χ2v) is 4.29. The molecule has 1 aromatic carbocycles. The number of ketones is 1. The number of Topliss-reactive ketones (excluding diaryl/α,β-unsaturated/α-hetero) is 1. The summed E-state index contributed by atoms with van der Waals surface area (Å²) in [6.45, 7) is 0.995. The van der Waals surface area contributed by atoms with Crippen molar-refractivity contribution in [2.75, 3.05) is 0 Å². The average molecular weight is 295 g/mol. The van der Waals surface area contributed by atoms with Crippen molar-refractivity contribution in [3.05, 3.63) is 34.9 Å². The minimum Gasteiger partial charge on any atom is -0.449 e. The molecule has 1 atom stereocenters. The number of carbonyl (C=O) groups excluding carboxylic acids is 2. The Bertz CT molecular complexity index is 468. The molecular weight excluding hydrogens is 285 g/mol. The van der Waals surface area contributed by atoms with Crippen LogP contribution in [0.25, 0.3) is 0 Å². The number of carbonyl (C=O) groups is 2. The molecule has 104 valence electrons. The summed E-state index contributed by atoms with van der Waals surface area (Å²) < 4.78 is 42.0. The van der Waals surface area contributed by atoms with Gasteiger partial charge in [-0.1, -0.05) is 11.6 Å². The Balaban J connectivity index is 2.81. The lowest BCUT2D eigenvalue weighted by atomic mass is 10.2. The van der Waals surface area contributed by atoms with E-state index in [9.17, 15) is 22.8 Å². The van der Waals surface area contributed by atoms with Crippen molar-refractivity contribution in [3.8, 4) is 0 Å². The standard InChI is InChI=1S/C12H10ClF3O3/c1-7(17)6-10(12(14,15)16)19-11(18)8-2-4-9(13)5-3-8/h2-5,10H,6H2,1H3. The molecule has 0 saturated carbocycles. The van der Waals surface area contributed by atoms with Crippen LogP contribution in [0.5, 0.6) is 0 Å². The Morgan fingerprint density at radius 2 is 1.79 bits per heavy atom. The molecule has 3 nitrogen and oxygen atoms in total. The molecule has 0 aliphatic heterocycles. The van der Waals surface area contributed by atoms with Crippen LogP contribution in [0, 0.1) is 0 Å². The predicted octanol–water partition coefficient (Wildman–Crippen LogP) is 3.41. The van der Waals surface area contributed by atoms with Crippen LogP contribution in [0.1, 0.15) is 23.7 Å². The van der Waals surface area contributed by atoms with Gasteiger partial charge in [-0.25, -0.2) is 4.79 Å². The van der Waals surface area contributed by atoms with E-state index < -0.39 is 30.5 Å². The number of rotatable bonds is 4. The lowest BCUT2D eigenvalue weighted by Gasteiger charge is -2.19. The molecule has 0 bridgehead atoms. The summed E-state index contributed by atoms with van der Waals surface area (Å²) in [5, 5.41) is 0.340. The molecule has 0 fully saturated rings. The maximum absolute atomic E-state index is 12.6. The van der Waals surface area contributed by atoms with Gasteiger partial charge in [0.15, 0.2) is 0 Å². The van der Waals surface area contributed by atoms with Crippen LogP contribution in [-0.4, -0.2) is 24.0 Å². The molecule has 0 aliphatic carbocycles. The molecule has 0 radical (unpaired) electrons. The van der Waals surface area contributed by atoms with Crippen LogP contribution in [0.2, 0.25) is 5.02 Å². The van der Waals surface area contributed by atoms with Crippen molar-refractivity contribution in [2.24, 2.45) is 0 Å². The second-order valence-electron chi connectivity index (χ2n) is 3.85. The van der Waals surface area contributed by atoms with Gasteiger partial charge in [0, 0.05) is 5.02 Å². The van der Waals surface area contributed by atoms with Crippen LogP contribution in [-0.2, 0) is 9.53 Å². The van der Waals surface area contributed by atoms with Crippen molar-refractivity contribution in [1.29, 1.82) is 0 Å². The summed E-state index contributed by atoms with van der Waals surface area (Å²) in [6.07, 6.45) is -8.12. The number of benzene rings is 1. The van der Waals surface area contributed by atoms with E-state index in [4.69, 9.17) is 11.6 Å². The largest absolute Gasteiger partial charge is 0.449 e. The zero-order valence-electron chi connectivity index (χ0n) is 9.83. The highest BCUT2D eigenvalue weighted by Crippen LogP contribution is 2.26. The van der Waals surface area contributed by atoms with E-state index in [1.54, 1.807) is 0 Å². The van der Waals surface area contributed by atoms with Crippen LogP contribution in [0.3, 0.4) is 0 Å². The molecule has 0 spiro atoms. The number of halogens is 4. The fourth-order valence-corrected chi connectivity index (χ4v) is 1.39. The monoisotopic (exact) mass is 294 g/mol. The van der Waals surface area contributed by atoms with E-state index in [1.807, 2.05) is 0 Å². The molecule has 0 amide bonds. The zero-order valence-corrected chi connectivity index (χ0v) is 10.6. The minimum atomic E-state index is -4.78. The van der Waals surface area contributed by atoms with Gasteiger partial charge in [-0.15, -0.1) is 0 Å². The zero-order chi connectivity index (χ0) is 14.6. The van der Waals surface area contributed by atoms with Crippen LogP contribution >= 0.6 is 11.6 Å². The molecule has 0 saturated heterocycles. The first kappa shape index (κ1) is 15.5. The fourth-order valence-electron chi connectivity index (χ4n) is 1.27. The van der Waals surface area contributed by atoms with Gasteiger partial charge < -0.3 is 4.74 Å². The van der Waals surface area contributed by atoms with Gasteiger partial charge in [0.05, 0.1) is 12.0 Å². The van der Waals surface area contributed by atoms with Crippen molar-refractivity contribution in [1.82, 2.24) is 0 Å². The Morgan fingerprint density at radius 1 is 1.26 bits per heavy atom. The molecule has 19 heavy (non-hydrogen) atoms. The number of esters is 1. The first-order chi connectivity index (χ1) is 8.70. The Kier molecular flexibility index (Phi) is 4.94. The molecule has 0 N–H and O–H groups in total. The van der Waals surface area contributed by atoms with Crippen LogP contribution < -0.4 is 0 Å². The lowest BCUT2D eigenvalue weighted by Crippen LogP contribution is -2.35. The highest BCUT2D eigenvalue weighted by Gasteiger charge is 2.43. The number of hydrogen-bond donors (Lipinski definition) is 0. The van der Waals surface area contributed by atoms with Gasteiger partial charge in [-0.3, -0.25) is 4.79 Å². The van der Waals surface area contributed by atoms with Gasteiger partial charge >= 0.3 is 12.1 Å². The molecule has 0 aromatic heterocycles. The third-order valence-corrected chi connectivity index (χ3v) is 2.42. The summed E-state index contributed by atoms with van der Waals surface area (Å²) in [6, 6.07) is 5.19. The highest BCUT2D eigenvalue weighted by molar-refractivity contribution is 6.30. The SMILES string of the molecule is CC(=O)CC(OC(=O)c1ccc(Cl)cc1)C(F)(F)F. The molecule has 1 aromatic rings. The Labute approximate surface area is 112 Å². The second kappa shape index (κ2) is 6.06. The van der Waals surface area contributed by atoms with E-state index in [-0.39, 0.29) is 5.56 Å². The van der Waals surface area contributed by atoms with E-state index in [0.29, 0.717) is 5.02 Å². The normalized spacial score (nSPS) is 12.9. The van der Waals surface area contributed by atoms with Crippen molar-refractivity contribution in [2.45, 2.75) is 25.6 Å².